The maximum atomic E-state index is 9.84. The lowest BCUT2D eigenvalue weighted by Gasteiger charge is -2.13. The SMILES string of the molecule is Cc1ccc(/C(C#N)=C\c2c(OCc3ccccc3Cl)ccc3ccccc23)cc1. The first-order valence-electron chi connectivity index (χ1n) is 9.72. The molecule has 146 valence electrons. The Kier molecular flexibility index (Phi) is 5.84. The molecule has 3 heteroatoms. The molecule has 0 N–H and O–H groups in total. The van der Waals surface area contributed by atoms with Crippen molar-refractivity contribution in [2.24, 2.45) is 0 Å². The van der Waals surface area contributed by atoms with E-state index in [1.807, 2.05) is 91.9 Å². The van der Waals surface area contributed by atoms with Crippen LogP contribution in [0.25, 0.3) is 22.4 Å². The highest BCUT2D eigenvalue weighted by Crippen LogP contribution is 2.33. The predicted molar refractivity (Wildman–Crippen MR) is 124 cm³/mol. The van der Waals surface area contributed by atoms with Gasteiger partial charge in [-0.3, -0.25) is 0 Å². The molecule has 0 spiro atoms. The van der Waals surface area contributed by atoms with Crippen LogP contribution in [0.3, 0.4) is 0 Å². The summed E-state index contributed by atoms with van der Waals surface area (Å²) < 4.78 is 6.17. The van der Waals surface area contributed by atoms with Crippen molar-refractivity contribution in [3.05, 3.63) is 112 Å². The smallest absolute Gasteiger partial charge is 0.127 e. The van der Waals surface area contributed by atoms with Crippen LogP contribution < -0.4 is 4.74 Å². The number of hydrogen-bond acceptors (Lipinski definition) is 2. The van der Waals surface area contributed by atoms with E-state index < -0.39 is 0 Å². The van der Waals surface area contributed by atoms with Gasteiger partial charge in [-0.15, -0.1) is 0 Å². The monoisotopic (exact) mass is 409 g/mol. The number of nitrogens with zero attached hydrogens (tertiary/aromatic N) is 1. The van der Waals surface area contributed by atoms with Crippen molar-refractivity contribution in [1.29, 1.82) is 5.26 Å². The van der Waals surface area contributed by atoms with Crippen molar-refractivity contribution in [1.82, 2.24) is 0 Å². The van der Waals surface area contributed by atoms with Crippen LogP contribution in [0.15, 0.2) is 84.9 Å². The van der Waals surface area contributed by atoms with Crippen LogP contribution in [0, 0.1) is 18.3 Å². The Morgan fingerprint density at radius 2 is 1.67 bits per heavy atom. The average Bonchev–Trinajstić information content (AvgIpc) is 2.78. The number of benzene rings is 4. The van der Waals surface area contributed by atoms with Gasteiger partial charge in [0.05, 0.1) is 11.6 Å². The van der Waals surface area contributed by atoms with Crippen LogP contribution in [0.2, 0.25) is 5.02 Å². The van der Waals surface area contributed by atoms with Crippen LogP contribution in [-0.2, 0) is 6.61 Å². The van der Waals surface area contributed by atoms with Crippen LogP contribution >= 0.6 is 11.6 Å². The van der Waals surface area contributed by atoms with E-state index in [9.17, 15) is 5.26 Å². The Labute approximate surface area is 181 Å². The lowest BCUT2D eigenvalue weighted by Crippen LogP contribution is -1.98. The second-order valence-corrected chi connectivity index (χ2v) is 7.52. The number of aryl methyl sites for hydroxylation is 1. The van der Waals surface area contributed by atoms with Crippen LogP contribution in [0.4, 0.5) is 0 Å². The molecule has 0 aromatic heterocycles. The van der Waals surface area contributed by atoms with E-state index in [2.05, 4.69) is 12.1 Å². The third-order valence-corrected chi connectivity index (χ3v) is 5.41. The third-order valence-electron chi connectivity index (χ3n) is 5.04. The number of allylic oxidation sites excluding steroid dienone is 1. The van der Waals surface area contributed by atoms with Crippen molar-refractivity contribution in [3.8, 4) is 11.8 Å². The second kappa shape index (κ2) is 8.86. The van der Waals surface area contributed by atoms with Crippen molar-refractivity contribution in [2.75, 3.05) is 0 Å². The van der Waals surface area contributed by atoms with Gasteiger partial charge in [0.25, 0.3) is 0 Å². The van der Waals surface area contributed by atoms with Gasteiger partial charge >= 0.3 is 0 Å². The fourth-order valence-electron chi connectivity index (χ4n) is 3.38. The van der Waals surface area contributed by atoms with Gasteiger partial charge in [-0.05, 0) is 41.5 Å². The molecule has 4 rings (SSSR count). The molecule has 0 radical (unpaired) electrons. The molecule has 0 saturated carbocycles. The van der Waals surface area contributed by atoms with E-state index in [0.717, 1.165) is 33.0 Å². The fraction of sp³-hybridized carbons (Fsp3) is 0.0741. The highest BCUT2D eigenvalue weighted by atomic mass is 35.5. The molecule has 0 aliphatic carbocycles. The van der Waals surface area contributed by atoms with Gasteiger partial charge in [0, 0.05) is 16.1 Å². The molecule has 0 heterocycles. The molecule has 0 fully saturated rings. The standard InChI is InChI=1S/C27H20ClNO/c1-19-10-12-20(13-11-19)23(17-29)16-25-24-8-4-2-6-21(24)14-15-27(25)30-18-22-7-3-5-9-26(22)28/h2-16H,18H2,1H3/b23-16-. The van der Waals surface area contributed by atoms with E-state index in [0.29, 0.717) is 23.0 Å². The molecule has 0 aliphatic heterocycles. The Bertz CT molecular complexity index is 1270. The molecule has 4 aromatic rings. The van der Waals surface area contributed by atoms with Gasteiger partial charge in [-0.25, -0.2) is 0 Å². The van der Waals surface area contributed by atoms with E-state index in [4.69, 9.17) is 16.3 Å². The summed E-state index contributed by atoms with van der Waals surface area (Å²) in [5.74, 6) is 0.716. The molecule has 4 aromatic carbocycles. The van der Waals surface area contributed by atoms with E-state index in [1.54, 1.807) is 0 Å². The molecular weight excluding hydrogens is 390 g/mol. The molecule has 0 aliphatic rings. The number of ether oxygens (including phenoxy) is 1. The lowest BCUT2D eigenvalue weighted by molar-refractivity contribution is 0.306. The molecule has 0 unspecified atom stereocenters. The zero-order chi connectivity index (χ0) is 20.9. The zero-order valence-electron chi connectivity index (χ0n) is 16.6. The molecular formula is C27H20ClNO. The van der Waals surface area contributed by atoms with E-state index >= 15 is 0 Å². The summed E-state index contributed by atoms with van der Waals surface area (Å²) in [4.78, 5) is 0. The summed E-state index contributed by atoms with van der Waals surface area (Å²) in [5, 5.41) is 12.6. The van der Waals surface area contributed by atoms with Crippen molar-refractivity contribution in [3.63, 3.8) is 0 Å². The zero-order valence-corrected chi connectivity index (χ0v) is 17.4. The van der Waals surface area contributed by atoms with E-state index in [-0.39, 0.29) is 0 Å². The minimum absolute atomic E-state index is 0.352. The van der Waals surface area contributed by atoms with Crippen LogP contribution in [-0.4, -0.2) is 0 Å². The molecule has 0 amide bonds. The minimum atomic E-state index is 0.352. The van der Waals surface area contributed by atoms with E-state index in [1.165, 1.54) is 0 Å². The van der Waals surface area contributed by atoms with Crippen LogP contribution in [0.1, 0.15) is 22.3 Å². The van der Waals surface area contributed by atoms with Gasteiger partial charge in [0.2, 0.25) is 0 Å². The Hall–Kier alpha value is -3.54. The molecule has 30 heavy (non-hydrogen) atoms. The fourth-order valence-corrected chi connectivity index (χ4v) is 3.57. The molecule has 0 saturated heterocycles. The summed E-state index contributed by atoms with van der Waals surface area (Å²) in [5.41, 5.74) is 4.44. The first-order valence-corrected chi connectivity index (χ1v) is 10.1. The normalized spacial score (nSPS) is 11.3. The van der Waals surface area contributed by atoms with Crippen LogP contribution in [0.5, 0.6) is 5.75 Å². The number of hydrogen-bond donors (Lipinski definition) is 0. The Balaban J connectivity index is 1.80. The van der Waals surface area contributed by atoms with Crippen molar-refractivity contribution >= 4 is 34.0 Å². The minimum Gasteiger partial charge on any atom is -0.488 e. The highest BCUT2D eigenvalue weighted by molar-refractivity contribution is 6.31. The Morgan fingerprint density at radius 3 is 2.43 bits per heavy atom. The van der Waals surface area contributed by atoms with Crippen molar-refractivity contribution in [2.45, 2.75) is 13.5 Å². The van der Waals surface area contributed by atoms with Gasteiger partial charge in [0.15, 0.2) is 0 Å². The Morgan fingerprint density at radius 1 is 0.933 bits per heavy atom. The summed E-state index contributed by atoms with van der Waals surface area (Å²) in [6, 6.07) is 30.1. The predicted octanol–water partition coefficient (Wildman–Crippen LogP) is 7.44. The van der Waals surface area contributed by atoms with Gasteiger partial charge < -0.3 is 4.74 Å². The van der Waals surface area contributed by atoms with Gasteiger partial charge in [-0.2, -0.15) is 5.26 Å². The number of rotatable bonds is 5. The quantitative estimate of drug-likeness (QED) is 0.253. The van der Waals surface area contributed by atoms with Gasteiger partial charge in [-0.1, -0.05) is 90.0 Å². The summed E-state index contributed by atoms with van der Waals surface area (Å²) in [6.07, 6.45) is 1.91. The molecule has 0 atom stereocenters. The first kappa shape index (κ1) is 19.8. The lowest BCUT2D eigenvalue weighted by atomic mass is 9.98. The number of fused-ring (bicyclic) bond motifs is 1. The third kappa shape index (κ3) is 4.22. The average molecular weight is 410 g/mol. The number of nitriles is 1. The molecule has 0 bridgehead atoms. The molecule has 2 nitrogen and oxygen atoms in total. The topological polar surface area (TPSA) is 33.0 Å². The summed E-state index contributed by atoms with van der Waals surface area (Å²) >= 11 is 6.29. The maximum Gasteiger partial charge on any atom is 0.127 e. The van der Waals surface area contributed by atoms with Gasteiger partial charge in [0.1, 0.15) is 12.4 Å². The number of halogens is 1. The second-order valence-electron chi connectivity index (χ2n) is 7.11. The largest absolute Gasteiger partial charge is 0.488 e. The highest BCUT2D eigenvalue weighted by Gasteiger charge is 2.11. The first-order chi connectivity index (χ1) is 14.7. The van der Waals surface area contributed by atoms with Crippen molar-refractivity contribution < 1.29 is 4.74 Å². The summed E-state index contributed by atoms with van der Waals surface area (Å²) in [7, 11) is 0. The summed E-state index contributed by atoms with van der Waals surface area (Å²) in [6.45, 7) is 2.39. The maximum absolute atomic E-state index is 9.84.